The highest BCUT2D eigenvalue weighted by molar-refractivity contribution is 5.81. The molecule has 3 nitrogen and oxygen atoms in total. The van der Waals surface area contributed by atoms with Crippen molar-refractivity contribution in [2.75, 3.05) is 6.61 Å². The largest absolute Gasteiger partial charge is 0.384 e. The summed E-state index contributed by atoms with van der Waals surface area (Å²) in [5.41, 5.74) is 5.48. The van der Waals surface area contributed by atoms with Crippen LogP contribution in [0.4, 0.5) is 0 Å². The van der Waals surface area contributed by atoms with E-state index in [9.17, 15) is 0 Å². The lowest BCUT2D eigenvalue weighted by Gasteiger charge is -2.01. The van der Waals surface area contributed by atoms with Crippen LogP contribution >= 0.6 is 0 Å². The normalized spacial score (nSPS) is 10.7. The average molecular weight is 154 g/mol. The van der Waals surface area contributed by atoms with E-state index in [4.69, 9.17) is 10.6 Å². The van der Waals surface area contributed by atoms with Crippen molar-refractivity contribution in [3.8, 4) is 11.8 Å². The summed E-state index contributed by atoms with van der Waals surface area (Å²) in [5.74, 6) is 6.12. The van der Waals surface area contributed by atoms with Crippen molar-refractivity contribution in [3.63, 3.8) is 0 Å². The molecule has 0 aliphatic carbocycles. The molecule has 0 aromatic carbocycles. The van der Waals surface area contributed by atoms with Crippen LogP contribution in [0.25, 0.3) is 0 Å². The molecule has 0 saturated carbocycles. The lowest BCUT2D eigenvalue weighted by molar-refractivity contribution is 0.177. The summed E-state index contributed by atoms with van der Waals surface area (Å²) in [7, 11) is 0. The fraction of sp³-hybridized carbons (Fsp3) is 0.625. The van der Waals surface area contributed by atoms with Crippen molar-refractivity contribution in [2.45, 2.75) is 20.8 Å². The van der Waals surface area contributed by atoms with Crippen LogP contribution in [-0.2, 0) is 4.84 Å². The Morgan fingerprint density at radius 2 is 2.27 bits per heavy atom. The molecule has 0 spiro atoms. The Balaban J connectivity index is 3.62. The second kappa shape index (κ2) is 5.60. The molecule has 0 bridgehead atoms. The minimum absolute atomic E-state index is 0.226. The highest BCUT2D eigenvalue weighted by atomic mass is 16.6. The maximum atomic E-state index is 5.48. The summed E-state index contributed by atoms with van der Waals surface area (Å²) < 4.78 is 0. The Hall–Kier alpha value is -1.17. The van der Waals surface area contributed by atoms with Crippen molar-refractivity contribution in [2.24, 2.45) is 16.8 Å². The van der Waals surface area contributed by atoms with E-state index in [1.165, 1.54) is 0 Å². The first kappa shape index (κ1) is 9.83. The summed E-state index contributed by atoms with van der Waals surface area (Å²) >= 11 is 0. The Morgan fingerprint density at radius 1 is 1.64 bits per heavy atom. The zero-order valence-corrected chi connectivity index (χ0v) is 7.22. The van der Waals surface area contributed by atoms with Gasteiger partial charge in [-0.15, -0.1) is 5.92 Å². The maximum Gasteiger partial charge on any atom is 0.177 e. The lowest BCUT2D eigenvalue weighted by atomic mass is 10.2. The number of nitrogens with two attached hydrogens (primary N) is 1. The van der Waals surface area contributed by atoms with Crippen LogP contribution in [0.1, 0.15) is 20.8 Å². The van der Waals surface area contributed by atoms with Crippen LogP contribution in [0, 0.1) is 17.8 Å². The molecule has 0 amide bonds. The molecule has 0 atom stereocenters. The standard InChI is InChI=1S/C8H14N2O/c1-4-5-6-11-10-8(9)7(2)3/h7H,6H2,1-3H3,(H2,9,10). The van der Waals surface area contributed by atoms with Crippen molar-refractivity contribution >= 4 is 5.84 Å². The summed E-state index contributed by atoms with van der Waals surface area (Å²) in [5, 5.41) is 3.65. The second-order valence-electron chi connectivity index (χ2n) is 2.37. The van der Waals surface area contributed by atoms with E-state index in [-0.39, 0.29) is 5.92 Å². The van der Waals surface area contributed by atoms with Gasteiger partial charge in [-0.25, -0.2) is 0 Å². The van der Waals surface area contributed by atoms with E-state index in [1.807, 2.05) is 13.8 Å². The van der Waals surface area contributed by atoms with Gasteiger partial charge in [-0.1, -0.05) is 24.9 Å². The van der Waals surface area contributed by atoms with Crippen LogP contribution in [0.2, 0.25) is 0 Å². The van der Waals surface area contributed by atoms with Gasteiger partial charge in [0.25, 0.3) is 0 Å². The average Bonchev–Trinajstić information content (AvgIpc) is 1.97. The van der Waals surface area contributed by atoms with E-state index in [2.05, 4.69) is 17.0 Å². The Bertz CT molecular complexity index is 186. The molecule has 0 aliphatic heterocycles. The molecule has 0 radical (unpaired) electrons. The topological polar surface area (TPSA) is 47.6 Å². The smallest absolute Gasteiger partial charge is 0.177 e. The molecule has 0 heterocycles. The zero-order chi connectivity index (χ0) is 8.69. The minimum Gasteiger partial charge on any atom is -0.384 e. The molecule has 0 aromatic heterocycles. The van der Waals surface area contributed by atoms with Gasteiger partial charge in [-0.05, 0) is 6.92 Å². The zero-order valence-electron chi connectivity index (χ0n) is 7.22. The van der Waals surface area contributed by atoms with Gasteiger partial charge in [0, 0.05) is 5.92 Å². The summed E-state index contributed by atoms with van der Waals surface area (Å²) in [6, 6.07) is 0. The molecule has 3 heteroatoms. The summed E-state index contributed by atoms with van der Waals surface area (Å²) in [6.45, 7) is 5.96. The van der Waals surface area contributed by atoms with Crippen molar-refractivity contribution in [1.82, 2.24) is 0 Å². The molecule has 62 valence electrons. The number of hydrogen-bond acceptors (Lipinski definition) is 2. The fourth-order valence-electron chi connectivity index (χ4n) is 0.317. The first-order valence-corrected chi connectivity index (χ1v) is 3.53. The Kier molecular flexibility index (Phi) is 5.01. The third-order valence-electron chi connectivity index (χ3n) is 1.07. The lowest BCUT2D eigenvalue weighted by Crippen LogP contribution is -2.19. The highest BCUT2D eigenvalue weighted by Crippen LogP contribution is 1.91. The van der Waals surface area contributed by atoms with Crippen LogP contribution in [0.3, 0.4) is 0 Å². The minimum atomic E-state index is 0.226. The first-order valence-electron chi connectivity index (χ1n) is 3.53. The van der Waals surface area contributed by atoms with Crippen LogP contribution < -0.4 is 5.73 Å². The molecular formula is C8H14N2O. The molecule has 2 N–H and O–H groups in total. The van der Waals surface area contributed by atoms with Gasteiger partial charge in [0.1, 0.15) is 5.84 Å². The second-order valence-corrected chi connectivity index (χ2v) is 2.37. The number of nitrogens with zero attached hydrogens (tertiary/aromatic N) is 1. The van der Waals surface area contributed by atoms with Crippen molar-refractivity contribution in [3.05, 3.63) is 0 Å². The monoisotopic (exact) mass is 154 g/mol. The van der Waals surface area contributed by atoms with E-state index in [0.717, 1.165) is 0 Å². The fourth-order valence-corrected chi connectivity index (χ4v) is 0.317. The molecule has 0 fully saturated rings. The SMILES string of the molecule is CC#CCO/N=C(\N)C(C)C. The molecule has 0 aromatic rings. The van der Waals surface area contributed by atoms with Gasteiger partial charge in [0.2, 0.25) is 0 Å². The highest BCUT2D eigenvalue weighted by Gasteiger charge is 1.97. The van der Waals surface area contributed by atoms with E-state index in [0.29, 0.717) is 12.4 Å². The maximum absolute atomic E-state index is 5.48. The molecular weight excluding hydrogens is 140 g/mol. The molecule has 0 saturated heterocycles. The van der Waals surface area contributed by atoms with Gasteiger partial charge in [0.15, 0.2) is 6.61 Å². The van der Waals surface area contributed by atoms with Crippen LogP contribution in [0.15, 0.2) is 5.16 Å². The van der Waals surface area contributed by atoms with E-state index >= 15 is 0 Å². The molecule has 11 heavy (non-hydrogen) atoms. The van der Waals surface area contributed by atoms with Gasteiger partial charge in [-0.2, -0.15) is 0 Å². The molecule has 0 aliphatic rings. The van der Waals surface area contributed by atoms with Gasteiger partial charge in [0.05, 0.1) is 0 Å². The quantitative estimate of drug-likeness (QED) is 0.216. The summed E-state index contributed by atoms with van der Waals surface area (Å²) in [4.78, 5) is 4.79. The third-order valence-corrected chi connectivity index (χ3v) is 1.07. The Morgan fingerprint density at radius 3 is 2.73 bits per heavy atom. The first-order chi connectivity index (χ1) is 5.18. The third kappa shape index (κ3) is 5.28. The number of oxime groups is 1. The predicted molar refractivity (Wildman–Crippen MR) is 45.9 cm³/mol. The van der Waals surface area contributed by atoms with Crippen molar-refractivity contribution in [1.29, 1.82) is 0 Å². The number of rotatable bonds is 3. The number of amidine groups is 1. The van der Waals surface area contributed by atoms with Gasteiger partial charge < -0.3 is 10.6 Å². The van der Waals surface area contributed by atoms with Crippen LogP contribution in [-0.4, -0.2) is 12.4 Å². The van der Waals surface area contributed by atoms with Crippen molar-refractivity contribution < 1.29 is 4.84 Å². The Labute approximate surface area is 67.6 Å². The number of hydrogen-bond donors (Lipinski definition) is 1. The van der Waals surface area contributed by atoms with Gasteiger partial charge in [-0.3, -0.25) is 0 Å². The predicted octanol–water partition coefficient (Wildman–Crippen LogP) is 0.955. The van der Waals surface area contributed by atoms with Gasteiger partial charge >= 0.3 is 0 Å². The summed E-state index contributed by atoms with van der Waals surface area (Å²) in [6.07, 6.45) is 0. The van der Waals surface area contributed by atoms with E-state index in [1.54, 1.807) is 6.92 Å². The van der Waals surface area contributed by atoms with E-state index < -0.39 is 0 Å². The van der Waals surface area contributed by atoms with Crippen LogP contribution in [0.5, 0.6) is 0 Å². The molecule has 0 rings (SSSR count). The molecule has 0 unspecified atom stereocenters.